The Hall–Kier alpha value is -2.21. The van der Waals surface area contributed by atoms with Gasteiger partial charge in [0.2, 0.25) is 0 Å². The predicted molar refractivity (Wildman–Crippen MR) is 73.7 cm³/mol. The van der Waals surface area contributed by atoms with Gasteiger partial charge < -0.3 is 10.1 Å². The average molecular weight is 288 g/mol. The van der Waals surface area contributed by atoms with Crippen molar-refractivity contribution in [1.29, 1.82) is 0 Å². The molecule has 1 saturated heterocycles. The summed E-state index contributed by atoms with van der Waals surface area (Å²) in [4.78, 5) is 37.1. The minimum atomic E-state index is -0.358. The van der Waals surface area contributed by atoms with Crippen molar-refractivity contribution in [3.05, 3.63) is 35.4 Å². The van der Waals surface area contributed by atoms with E-state index in [4.69, 9.17) is 4.74 Å². The molecule has 0 radical (unpaired) electrons. The first-order chi connectivity index (χ1) is 10.1. The van der Waals surface area contributed by atoms with Crippen molar-refractivity contribution >= 4 is 17.8 Å². The maximum Gasteiger partial charge on any atom is 0.302 e. The van der Waals surface area contributed by atoms with Gasteiger partial charge in [-0.25, -0.2) is 0 Å². The van der Waals surface area contributed by atoms with Crippen LogP contribution in [0.25, 0.3) is 0 Å². The fourth-order valence-electron chi connectivity index (χ4n) is 2.92. The van der Waals surface area contributed by atoms with Gasteiger partial charge in [-0.05, 0) is 12.1 Å². The fourth-order valence-corrected chi connectivity index (χ4v) is 2.92. The number of carbonyl (C=O) groups is 3. The summed E-state index contributed by atoms with van der Waals surface area (Å²) in [6.45, 7) is 2.70. The van der Waals surface area contributed by atoms with Crippen LogP contribution in [0.1, 0.15) is 27.6 Å². The standard InChI is InChI=1S/C15H16N2O4/c1-9(18)21-8-10-6-16-7-13(10)17-14(19)11-4-2-3-5-12(11)15(17)20/h2-5,10,13,16H,6-8H2,1H3. The monoisotopic (exact) mass is 288 g/mol. The molecule has 110 valence electrons. The number of nitrogens with one attached hydrogen (secondary N) is 1. The highest BCUT2D eigenvalue weighted by molar-refractivity contribution is 6.21. The second-order valence-electron chi connectivity index (χ2n) is 5.31. The molecule has 0 spiro atoms. The summed E-state index contributed by atoms with van der Waals surface area (Å²) in [6.07, 6.45) is 0. The van der Waals surface area contributed by atoms with Gasteiger partial charge >= 0.3 is 5.97 Å². The zero-order valence-electron chi connectivity index (χ0n) is 11.7. The van der Waals surface area contributed by atoms with Crippen LogP contribution in [0, 0.1) is 5.92 Å². The van der Waals surface area contributed by atoms with E-state index in [0.717, 1.165) is 0 Å². The number of carbonyl (C=O) groups excluding carboxylic acids is 3. The molecule has 2 aliphatic rings. The number of ether oxygens (including phenoxy) is 1. The Bertz CT molecular complexity index is 578. The van der Waals surface area contributed by atoms with E-state index in [2.05, 4.69) is 5.32 Å². The molecule has 0 saturated carbocycles. The number of imide groups is 1. The van der Waals surface area contributed by atoms with Crippen molar-refractivity contribution in [2.75, 3.05) is 19.7 Å². The molecule has 1 N–H and O–H groups in total. The number of esters is 1. The van der Waals surface area contributed by atoms with Gasteiger partial charge in [-0.15, -0.1) is 0 Å². The molecule has 1 fully saturated rings. The number of fused-ring (bicyclic) bond motifs is 1. The van der Waals surface area contributed by atoms with Crippen molar-refractivity contribution < 1.29 is 19.1 Å². The molecular weight excluding hydrogens is 272 g/mol. The van der Waals surface area contributed by atoms with Crippen molar-refractivity contribution in [1.82, 2.24) is 10.2 Å². The number of hydrogen-bond donors (Lipinski definition) is 1. The second kappa shape index (κ2) is 5.29. The van der Waals surface area contributed by atoms with E-state index in [1.165, 1.54) is 11.8 Å². The number of hydrogen-bond acceptors (Lipinski definition) is 5. The third kappa shape index (κ3) is 2.31. The average Bonchev–Trinajstić information content (AvgIpc) is 3.01. The minimum absolute atomic E-state index is 0.0730. The highest BCUT2D eigenvalue weighted by Crippen LogP contribution is 2.28. The Morgan fingerprint density at radius 3 is 2.43 bits per heavy atom. The molecule has 1 aromatic carbocycles. The summed E-state index contributed by atoms with van der Waals surface area (Å²) >= 11 is 0. The van der Waals surface area contributed by atoms with E-state index in [9.17, 15) is 14.4 Å². The van der Waals surface area contributed by atoms with Crippen LogP contribution in [0.3, 0.4) is 0 Å². The van der Waals surface area contributed by atoms with Crippen LogP contribution < -0.4 is 5.32 Å². The molecule has 6 heteroatoms. The first-order valence-corrected chi connectivity index (χ1v) is 6.90. The van der Waals surface area contributed by atoms with Gasteiger partial charge in [0.15, 0.2) is 0 Å². The van der Waals surface area contributed by atoms with Gasteiger partial charge in [0.25, 0.3) is 11.8 Å². The van der Waals surface area contributed by atoms with E-state index in [-0.39, 0.29) is 36.4 Å². The van der Waals surface area contributed by atoms with Gasteiger partial charge in [0, 0.05) is 25.9 Å². The number of benzene rings is 1. The van der Waals surface area contributed by atoms with Crippen LogP contribution in [0.2, 0.25) is 0 Å². The molecule has 2 heterocycles. The van der Waals surface area contributed by atoms with Crippen LogP contribution >= 0.6 is 0 Å². The van der Waals surface area contributed by atoms with Crippen molar-refractivity contribution in [3.8, 4) is 0 Å². The lowest BCUT2D eigenvalue weighted by molar-refractivity contribution is -0.142. The van der Waals surface area contributed by atoms with Crippen LogP contribution in [0.5, 0.6) is 0 Å². The van der Waals surface area contributed by atoms with Gasteiger partial charge in [0.1, 0.15) is 0 Å². The normalized spacial score (nSPS) is 24.3. The van der Waals surface area contributed by atoms with Gasteiger partial charge in [-0.2, -0.15) is 0 Å². The molecule has 2 amide bonds. The van der Waals surface area contributed by atoms with Crippen LogP contribution in [0.15, 0.2) is 24.3 Å². The topological polar surface area (TPSA) is 75.7 Å². The SMILES string of the molecule is CC(=O)OCC1CNCC1N1C(=O)c2ccccc2C1=O. The molecule has 0 aliphatic carbocycles. The fraction of sp³-hybridized carbons (Fsp3) is 0.400. The van der Waals surface area contributed by atoms with Crippen molar-refractivity contribution in [3.63, 3.8) is 0 Å². The number of nitrogens with zero attached hydrogens (tertiary/aromatic N) is 1. The number of rotatable bonds is 3. The lowest BCUT2D eigenvalue weighted by atomic mass is 10.0. The van der Waals surface area contributed by atoms with Crippen molar-refractivity contribution in [2.24, 2.45) is 5.92 Å². The largest absolute Gasteiger partial charge is 0.465 e. The first-order valence-electron chi connectivity index (χ1n) is 6.90. The number of amides is 2. The molecule has 0 aromatic heterocycles. The lowest BCUT2D eigenvalue weighted by Crippen LogP contribution is -2.45. The Morgan fingerprint density at radius 2 is 1.86 bits per heavy atom. The van der Waals surface area contributed by atoms with E-state index >= 15 is 0 Å². The Morgan fingerprint density at radius 1 is 1.24 bits per heavy atom. The molecule has 2 unspecified atom stereocenters. The zero-order valence-corrected chi connectivity index (χ0v) is 11.7. The van der Waals surface area contributed by atoms with Gasteiger partial charge in [-0.1, -0.05) is 12.1 Å². The highest BCUT2D eigenvalue weighted by Gasteiger charge is 2.44. The zero-order chi connectivity index (χ0) is 15.0. The van der Waals surface area contributed by atoms with Crippen molar-refractivity contribution in [2.45, 2.75) is 13.0 Å². The Labute approximate surface area is 122 Å². The van der Waals surface area contributed by atoms with E-state index in [1.54, 1.807) is 24.3 Å². The molecular formula is C15H16N2O4. The summed E-state index contributed by atoms with van der Waals surface area (Å²) in [5, 5.41) is 3.15. The first kappa shape index (κ1) is 13.8. The highest BCUT2D eigenvalue weighted by atomic mass is 16.5. The summed E-state index contributed by atoms with van der Waals surface area (Å²) in [5.74, 6) is -0.964. The molecule has 0 bridgehead atoms. The smallest absolute Gasteiger partial charge is 0.302 e. The molecule has 3 rings (SSSR count). The quantitative estimate of drug-likeness (QED) is 0.645. The third-order valence-corrected chi connectivity index (χ3v) is 3.96. The Balaban J connectivity index is 1.82. The summed E-state index contributed by atoms with van der Waals surface area (Å²) < 4.78 is 5.04. The van der Waals surface area contributed by atoms with Crippen LogP contribution in [0.4, 0.5) is 0 Å². The van der Waals surface area contributed by atoms with E-state index in [0.29, 0.717) is 24.2 Å². The molecule has 2 atom stereocenters. The Kier molecular flexibility index (Phi) is 3.47. The van der Waals surface area contributed by atoms with Crippen LogP contribution in [-0.4, -0.2) is 48.4 Å². The summed E-state index contributed by atoms with van der Waals surface area (Å²) in [6, 6.07) is 6.54. The predicted octanol–water partition coefficient (Wildman–Crippen LogP) is 0.434. The third-order valence-electron chi connectivity index (χ3n) is 3.96. The second-order valence-corrected chi connectivity index (χ2v) is 5.31. The lowest BCUT2D eigenvalue weighted by Gasteiger charge is -2.26. The summed E-state index contributed by atoms with van der Waals surface area (Å²) in [5.41, 5.74) is 0.890. The van der Waals surface area contributed by atoms with Crippen LogP contribution in [-0.2, 0) is 9.53 Å². The molecule has 1 aromatic rings. The molecule has 2 aliphatic heterocycles. The molecule has 6 nitrogen and oxygen atoms in total. The van der Waals surface area contributed by atoms with Gasteiger partial charge in [-0.3, -0.25) is 19.3 Å². The summed E-state index contributed by atoms with van der Waals surface area (Å²) in [7, 11) is 0. The maximum atomic E-state index is 12.4. The molecule has 21 heavy (non-hydrogen) atoms. The van der Waals surface area contributed by atoms with E-state index in [1.807, 2.05) is 0 Å². The maximum absolute atomic E-state index is 12.4. The van der Waals surface area contributed by atoms with E-state index < -0.39 is 0 Å². The van der Waals surface area contributed by atoms with Gasteiger partial charge in [0.05, 0.1) is 23.8 Å². The minimum Gasteiger partial charge on any atom is -0.465 e.